The molecule has 0 bridgehead atoms. The van der Waals surface area contributed by atoms with E-state index in [4.69, 9.17) is 0 Å². The van der Waals surface area contributed by atoms with Crippen molar-refractivity contribution in [3.63, 3.8) is 0 Å². The second kappa shape index (κ2) is 6.71. The zero-order chi connectivity index (χ0) is 13.7. The van der Waals surface area contributed by atoms with Gasteiger partial charge in [0, 0.05) is 18.2 Å². The second-order valence-corrected chi connectivity index (χ2v) is 5.35. The summed E-state index contributed by atoms with van der Waals surface area (Å²) in [6, 6.07) is 8.32. The van der Waals surface area contributed by atoms with Crippen LogP contribution >= 0.6 is 0 Å². The summed E-state index contributed by atoms with van der Waals surface area (Å²) in [4.78, 5) is 14.8. The third-order valence-corrected chi connectivity index (χ3v) is 3.74. The Bertz CT molecular complexity index is 425. The Labute approximate surface area is 116 Å². The van der Waals surface area contributed by atoms with Gasteiger partial charge in [0.15, 0.2) is 0 Å². The van der Waals surface area contributed by atoms with E-state index in [1.54, 1.807) is 0 Å². The van der Waals surface area contributed by atoms with Gasteiger partial charge in [-0.3, -0.25) is 4.79 Å². The fraction of sp³-hybridized carbons (Fsp3) is 0.562. The quantitative estimate of drug-likeness (QED) is 0.902. The van der Waals surface area contributed by atoms with Crippen LogP contribution in [0.4, 0.5) is 0 Å². The van der Waals surface area contributed by atoms with Gasteiger partial charge in [0.2, 0.25) is 0 Å². The zero-order valence-electron chi connectivity index (χ0n) is 12.0. The van der Waals surface area contributed by atoms with Gasteiger partial charge in [-0.25, -0.2) is 0 Å². The van der Waals surface area contributed by atoms with Crippen molar-refractivity contribution >= 4 is 5.91 Å². The molecule has 1 aliphatic heterocycles. The second-order valence-electron chi connectivity index (χ2n) is 5.35. The summed E-state index contributed by atoms with van der Waals surface area (Å²) in [6.45, 7) is 7.07. The number of piperidine rings is 1. The van der Waals surface area contributed by atoms with Crippen LogP contribution in [0.3, 0.4) is 0 Å². The Morgan fingerprint density at radius 2 is 2.11 bits per heavy atom. The average molecular weight is 260 g/mol. The molecule has 2 rings (SSSR count). The molecule has 1 saturated heterocycles. The Balaban J connectivity index is 2.15. The van der Waals surface area contributed by atoms with Gasteiger partial charge < -0.3 is 10.2 Å². The molecule has 1 aromatic carbocycles. The van der Waals surface area contributed by atoms with E-state index in [2.05, 4.69) is 17.1 Å². The van der Waals surface area contributed by atoms with Crippen molar-refractivity contribution < 1.29 is 4.79 Å². The summed E-state index contributed by atoms with van der Waals surface area (Å²) < 4.78 is 0. The van der Waals surface area contributed by atoms with Crippen molar-refractivity contribution in [2.24, 2.45) is 0 Å². The minimum absolute atomic E-state index is 0.192. The van der Waals surface area contributed by atoms with E-state index in [0.29, 0.717) is 6.04 Å². The molecule has 0 atom stereocenters. The maximum Gasteiger partial charge on any atom is 0.254 e. The standard InChI is InChI=1S/C16H24N2O/c1-3-11-18(15-7-9-17-10-8-15)16(19)14-6-4-5-13(2)12-14/h4-6,12,15,17H,3,7-11H2,1-2H3. The molecule has 0 radical (unpaired) electrons. The summed E-state index contributed by atoms with van der Waals surface area (Å²) in [7, 11) is 0. The van der Waals surface area contributed by atoms with Crippen molar-refractivity contribution in [2.45, 2.75) is 39.2 Å². The highest BCUT2D eigenvalue weighted by Gasteiger charge is 2.25. The Morgan fingerprint density at radius 3 is 2.74 bits per heavy atom. The minimum Gasteiger partial charge on any atom is -0.336 e. The lowest BCUT2D eigenvalue weighted by molar-refractivity contribution is 0.0642. The van der Waals surface area contributed by atoms with E-state index in [-0.39, 0.29) is 5.91 Å². The minimum atomic E-state index is 0.192. The Kier molecular flexibility index (Phi) is 4.97. The van der Waals surface area contributed by atoms with Gasteiger partial charge in [0.05, 0.1) is 0 Å². The predicted molar refractivity (Wildman–Crippen MR) is 78.4 cm³/mol. The van der Waals surface area contributed by atoms with Crippen LogP contribution in [0, 0.1) is 6.92 Å². The number of nitrogens with zero attached hydrogens (tertiary/aromatic N) is 1. The van der Waals surface area contributed by atoms with Crippen LogP contribution in [0.5, 0.6) is 0 Å². The molecular weight excluding hydrogens is 236 g/mol. The maximum absolute atomic E-state index is 12.7. The molecular formula is C16H24N2O. The number of amides is 1. The van der Waals surface area contributed by atoms with Crippen molar-refractivity contribution in [1.82, 2.24) is 10.2 Å². The van der Waals surface area contributed by atoms with Crippen LogP contribution in [0.1, 0.15) is 42.1 Å². The third kappa shape index (κ3) is 3.57. The van der Waals surface area contributed by atoms with Gasteiger partial charge in [0.1, 0.15) is 0 Å². The molecule has 0 spiro atoms. The van der Waals surface area contributed by atoms with E-state index in [0.717, 1.165) is 50.0 Å². The van der Waals surface area contributed by atoms with Gasteiger partial charge in [-0.2, -0.15) is 0 Å². The first kappa shape index (κ1) is 14.1. The molecule has 1 aliphatic rings. The van der Waals surface area contributed by atoms with E-state index in [1.165, 1.54) is 0 Å². The first-order valence-corrected chi connectivity index (χ1v) is 7.30. The number of hydrogen-bond donors (Lipinski definition) is 1. The fourth-order valence-corrected chi connectivity index (χ4v) is 2.75. The van der Waals surface area contributed by atoms with E-state index < -0.39 is 0 Å². The van der Waals surface area contributed by atoms with Gasteiger partial charge in [0.25, 0.3) is 5.91 Å². The molecule has 3 nitrogen and oxygen atoms in total. The van der Waals surface area contributed by atoms with E-state index in [1.807, 2.05) is 31.2 Å². The smallest absolute Gasteiger partial charge is 0.254 e. The maximum atomic E-state index is 12.7. The fourth-order valence-electron chi connectivity index (χ4n) is 2.75. The highest BCUT2D eigenvalue weighted by molar-refractivity contribution is 5.94. The summed E-state index contributed by atoms with van der Waals surface area (Å²) in [5, 5.41) is 3.36. The molecule has 3 heteroatoms. The summed E-state index contributed by atoms with van der Waals surface area (Å²) in [5.74, 6) is 0.192. The number of benzene rings is 1. The lowest BCUT2D eigenvalue weighted by Gasteiger charge is -2.34. The number of carbonyl (C=O) groups excluding carboxylic acids is 1. The Hall–Kier alpha value is -1.35. The van der Waals surface area contributed by atoms with Gasteiger partial charge in [-0.15, -0.1) is 0 Å². The number of rotatable bonds is 4. The summed E-state index contributed by atoms with van der Waals surface area (Å²) in [6.07, 6.45) is 3.15. The molecule has 1 aromatic rings. The highest BCUT2D eigenvalue weighted by atomic mass is 16.2. The molecule has 1 fully saturated rings. The number of aryl methyl sites for hydroxylation is 1. The van der Waals surface area contributed by atoms with Crippen LogP contribution in [0.25, 0.3) is 0 Å². The molecule has 0 aromatic heterocycles. The summed E-state index contributed by atoms with van der Waals surface area (Å²) >= 11 is 0. The van der Waals surface area contributed by atoms with Gasteiger partial charge >= 0.3 is 0 Å². The first-order valence-electron chi connectivity index (χ1n) is 7.30. The van der Waals surface area contributed by atoms with Crippen LogP contribution in [0.2, 0.25) is 0 Å². The molecule has 1 heterocycles. The lowest BCUT2D eigenvalue weighted by atomic mass is 10.0. The monoisotopic (exact) mass is 260 g/mol. The number of carbonyl (C=O) groups is 1. The van der Waals surface area contributed by atoms with Crippen molar-refractivity contribution in [3.8, 4) is 0 Å². The van der Waals surface area contributed by atoms with Crippen LogP contribution in [-0.2, 0) is 0 Å². The summed E-state index contributed by atoms with van der Waals surface area (Å²) in [5.41, 5.74) is 1.97. The molecule has 0 aliphatic carbocycles. The molecule has 104 valence electrons. The van der Waals surface area contributed by atoms with Gasteiger partial charge in [-0.1, -0.05) is 24.6 Å². The lowest BCUT2D eigenvalue weighted by Crippen LogP contribution is -2.46. The van der Waals surface area contributed by atoms with Crippen molar-refractivity contribution in [2.75, 3.05) is 19.6 Å². The van der Waals surface area contributed by atoms with Crippen LogP contribution < -0.4 is 5.32 Å². The number of nitrogens with one attached hydrogen (secondary N) is 1. The molecule has 19 heavy (non-hydrogen) atoms. The first-order chi connectivity index (χ1) is 9.22. The molecule has 0 saturated carbocycles. The largest absolute Gasteiger partial charge is 0.336 e. The predicted octanol–water partition coefficient (Wildman–Crippen LogP) is 2.60. The zero-order valence-corrected chi connectivity index (χ0v) is 12.0. The van der Waals surface area contributed by atoms with Crippen molar-refractivity contribution in [1.29, 1.82) is 0 Å². The Morgan fingerprint density at radius 1 is 1.37 bits per heavy atom. The van der Waals surface area contributed by atoms with Crippen molar-refractivity contribution in [3.05, 3.63) is 35.4 Å². The average Bonchev–Trinajstić information content (AvgIpc) is 2.45. The molecule has 1 N–H and O–H groups in total. The van der Waals surface area contributed by atoms with E-state index >= 15 is 0 Å². The third-order valence-electron chi connectivity index (χ3n) is 3.74. The number of hydrogen-bond acceptors (Lipinski definition) is 2. The normalized spacial score (nSPS) is 16.3. The molecule has 0 unspecified atom stereocenters. The van der Waals surface area contributed by atoms with Crippen LogP contribution in [0.15, 0.2) is 24.3 Å². The van der Waals surface area contributed by atoms with E-state index in [9.17, 15) is 4.79 Å². The molecule has 1 amide bonds. The van der Waals surface area contributed by atoms with Gasteiger partial charge in [-0.05, 0) is 51.4 Å². The topological polar surface area (TPSA) is 32.3 Å². The SMILES string of the molecule is CCCN(C(=O)c1cccc(C)c1)C1CCNCC1. The highest BCUT2D eigenvalue weighted by Crippen LogP contribution is 2.17. The van der Waals surface area contributed by atoms with Crippen LogP contribution in [-0.4, -0.2) is 36.5 Å².